The maximum atomic E-state index is 11.9. The number of hydrogen-bond acceptors (Lipinski definition) is 3. The Hall–Kier alpha value is -2.42. The molecule has 0 saturated heterocycles. The Labute approximate surface area is 148 Å². The summed E-state index contributed by atoms with van der Waals surface area (Å²) in [7, 11) is 0. The van der Waals surface area contributed by atoms with E-state index < -0.39 is 11.9 Å². The Kier molecular flexibility index (Phi) is 5.03. The standard InChI is InChI=1S/C22H24O3/c1-14-6-9-17(10-7-14)20-13-16(12-18-4-3-5-21(18)23)8-11-19(20)15(2)22(24)25/h6-11,13,15,18H,3-5,12H2,1-2H3,(H,24,25)/p-1. The molecule has 2 aromatic rings. The second kappa shape index (κ2) is 7.22. The Morgan fingerprint density at radius 1 is 1.20 bits per heavy atom. The van der Waals surface area contributed by atoms with Crippen molar-refractivity contribution in [2.45, 2.75) is 45.4 Å². The molecule has 0 bridgehead atoms. The molecular formula is C22H23O3-. The Bertz CT molecular complexity index is 789. The quantitative estimate of drug-likeness (QED) is 0.841. The highest BCUT2D eigenvalue weighted by atomic mass is 16.4. The van der Waals surface area contributed by atoms with Crippen molar-refractivity contribution in [2.75, 3.05) is 0 Å². The van der Waals surface area contributed by atoms with Crippen molar-refractivity contribution in [3.63, 3.8) is 0 Å². The van der Waals surface area contributed by atoms with E-state index in [0.717, 1.165) is 47.1 Å². The molecule has 2 atom stereocenters. The van der Waals surface area contributed by atoms with E-state index in [1.165, 1.54) is 0 Å². The van der Waals surface area contributed by atoms with Gasteiger partial charge in [-0.05, 0) is 48.4 Å². The van der Waals surface area contributed by atoms with Crippen LogP contribution in [0.3, 0.4) is 0 Å². The number of ketones is 1. The number of aryl methyl sites for hydroxylation is 1. The minimum atomic E-state index is -1.08. The van der Waals surface area contributed by atoms with Crippen LogP contribution in [0.2, 0.25) is 0 Å². The average Bonchev–Trinajstić information content (AvgIpc) is 2.99. The van der Waals surface area contributed by atoms with Gasteiger partial charge in [0.05, 0.1) is 0 Å². The fourth-order valence-corrected chi connectivity index (χ4v) is 3.61. The van der Waals surface area contributed by atoms with Crippen LogP contribution in [0.15, 0.2) is 42.5 Å². The molecule has 0 aliphatic heterocycles. The molecule has 130 valence electrons. The van der Waals surface area contributed by atoms with Gasteiger partial charge >= 0.3 is 0 Å². The van der Waals surface area contributed by atoms with Crippen LogP contribution < -0.4 is 5.11 Å². The molecule has 1 saturated carbocycles. The van der Waals surface area contributed by atoms with Gasteiger partial charge < -0.3 is 9.90 Å². The number of carboxylic acid groups (broad SMARTS) is 1. The smallest absolute Gasteiger partial charge is 0.136 e. The summed E-state index contributed by atoms with van der Waals surface area (Å²) in [6.45, 7) is 3.68. The highest BCUT2D eigenvalue weighted by Crippen LogP contribution is 2.32. The summed E-state index contributed by atoms with van der Waals surface area (Å²) in [5.41, 5.74) is 4.91. The first-order valence-electron chi connectivity index (χ1n) is 8.89. The Morgan fingerprint density at radius 3 is 2.52 bits per heavy atom. The number of carbonyl (C=O) groups excluding carboxylic acids is 2. The molecule has 1 aliphatic rings. The maximum absolute atomic E-state index is 11.9. The van der Waals surface area contributed by atoms with Crippen LogP contribution in [0.1, 0.15) is 48.8 Å². The molecular weight excluding hydrogens is 312 g/mol. The molecule has 1 aliphatic carbocycles. The lowest BCUT2D eigenvalue weighted by molar-refractivity contribution is -0.307. The minimum Gasteiger partial charge on any atom is -0.550 e. The summed E-state index contributed by atoms with van der Waals surface area (Å²) in [5, 5.41) is 11.4. The van der Waals surface area contributed by atoms with E-state index in [1.54, 1.807) is 6.92 Å². The van der Waals surface area contributed by atoms with Gasteiger partial charge in [-0.25, -0.2) is 0 Å². The molecule has 3 rings (SSSR count). The van der Waals surface area contributed by atoms with Crippen molar-refractivity contribution in [1.82, 2.24) is 0 Å². The summed E-state index contributed by atoms with van der Waals surface area (Å²) < 4.78 is 0. The van der Waals surface area contributed by atoms with Gasteiger partial charge in [-0.3, -0.25) is 4.79 Å². The molecule has 3 nitrogen and oxygen atoms in total. The number of carboxylic acids is 1. The Morgan fingerprint density at radius 2 is 1.92 bits per heavy atom. The van der Waals surface area contributed by atoms with E-state index in [4.69, 9.17) is 0 Å². The van der Waals surface area contributed by atoms with Crippen LogP contribution in [0.4, 0.5) is 0 Å². The monoisotopic (exact) mass is 335 g/mol. The van der Waals surface area contributed by atoms with Gasteiger partial charge in [-0.15, -0.1) is 0 Å². The minimum absolute atomic E-state index is 0.107. The third kappa shape index (κ3) is 3.81. The van der Waals surface area contributed by atoms with Crippen LogP contribution in [-0.4, -0.2) is 11.8 Å². The Balaban J connectivity index is 2.00. The second-order valence-electron chi connectivity index (χ2n) is 7.09. The van der Waals surface area contributed by atoms with Crippen LogP contribution in [0.25, 0.3) is 11.1 Å². The van der Waals surface area contributed by atoms with Crippen LogP contribution >= 0.6 is 0 Å². The second-order valence-corrected chi connectivity index (χ2v) is 7.09. The SMILES string of the molecule is Cc1ccc(-c2cc(CC3CCCC3=O)ccc2C(C)C(=O)[O-])cc1. The summed E-state index contributed by atoms with van der Waals surface area (Å²) in [6, 6.07) is 14.0. The number of aliphatic carboxylic acids is 1. The zero-order valence-electron chi connectivity index (χ0n) is 14.7. The van der Waals surface area contributed by atoms with Crippen LogP contribution in [0.5, 0.6) is 0 Å². The van der Waals surface area contributed by atoms with E-state index >= 15 is 0 Å². The summed E-state index contributed by atoms with van der Waals surface area (Å²) >= 11 is 0. The molecule has 2 unspecified atom stereocenters. The maximum Gasteiger partial charge on any atom is 0.136 e. The lowest BCUT2D eigenvalue weighted by atomic mass is 9.87. The lowest BCUT2D eigenvalue weighted by Crippen LogP contribution is -2.28. The third-order valence-electron chi connectivity index (χ3n) is 5.21. The summed E-state index contributed by atoms with van der Waals surface area (Å²) in [6.07, 6.45) is 3.36. The van der Waals surface area contributed by atoms with Crippen LogP contribution in [-0.2, 0) is 16.0 Å². The summed E-state index contributed by atoms with van der Waals surface area (Å²) in [5.74, 6) is -1.30. The predicted octanol–water partition coefficient (Wildman–Crippen LogP) is 3.43. The first-order valence-corrected chi connectivity index (χ1v) is 8.89. The van der Waals surface area contributed by atoms with Gasteiger partial charge in [-0.2, -0.15) is 0 Å². The molecule has 0 amide bonds. The van der Waals surface area contributed by atoms with Gasteiger partial charge in [0, 0.05) is 24.2 Å². The van der Waals surface area contributed by atoms with Crippen molar-refractivity contribution < 1.29 is 14.7 Å². The predicted molar refractivity (Wildman–Crippen MR) is 96.1 cm³/mol. The number of hydrogen-bond donors (Lipinski definition) is 0. The van der Waals surface area contributed by atoms with E-state index in [9.17, 15) is 14.7 Å². The van der Waals surface area contributed by atoms with E-state index in [-0.39, 0.29) is 5.92 Å². The van der Waals surface area contributed by atoms with E-state index in [2.05, 4.69) is 0 Å². The van der Waals surface area contributed by atoms with Gasteiger partial charge in [0.15, 0.2) is 0 Å². The van der Waals surface area contributed by atoms with Gasteiger partial charge in [-0.1, -0.05) is 55.0 Å². The average molecular weight is 335 g/mol. The molecule has 0 spiro atoms. The van der Waals surface area contributed by atoms with Crippen molar-refractivity contribution in [2.24, 2.45) is 5.92 Å². The number of carbonyl (C=O) groups is 2. The fraction of sp³-hybridized carbons (Fsp3) is 0.364. The van der Waals surface area contributed by atoms with Gasteiger partial charge in [0.25, 0.3) is 0 Å². The zero-order valence-corrected chi connectivity index (χ0v) is 14.7. The normalized spacial score (nSPS) is 18.3. The highest BCUT2D eigenvalue weighted by Gasteiger charge is 2.25. The molecule has 1 fully saturated rings. The van der Waals surface area contributed by atoms with Crippen molar-refractivity contribution in [3.05, 3.63) is 59.2 Å². The van der Waals surface area contributed by atoms with Crippen molar-refractivity contribution >= 4 is 11.8 Å². The first-order chi connectivity index (χ1) is 12.0. The number of Topliss-reactive ketones (excluding diaryl/α,β-unsaturated/α-hetero) is 1. The molecule has 3 heteroatoms. The topological polar surface area (TPSA) is 57.2 Å². The largest absolute Gasteiger partial charge is 0.550 e. The highest BCUT2D eigenvalue weighted by molar-refractivity contribution is 5.83. The molecule has 0 radical (unpaired) electrons. The van der Waals surface area contributed by atoms with Crippen LogP contribution in [0, 0.1) is 12.8 Å². The molecule has 0 N–H and O–H groups in total. The molecule has 2 aromatic carbocycles. The molecule has 0 heterocycles. The first kappa shape index (κ1) is 17.4. The van der Waals surface area contributed by atoms with E-state index in [1.807, 2.05) is 49.4 Å². The molecule has 0 aromatic heterocycles. The fourth-order valence-electron chi connectivity index (χ4n) is 3.61. The molecule has 25 heavy (non-hydrogen) atoms. The number of rotatable bonds is 5. The van der Waals surface area contributed by atoms with Gasteiger partial charge in [0.2, 0.25) is 0 Å². The summed E-state index contributed by atoms with van der Waals surface area (Å²) in [4.78, 5) is 23.3. The third-order valence-corrected chi connectivity index (χ3v) is 5.21. The van der Waals surface area contributed by atoms with Crippen molar-refractivity contribution in [3.8, 4) is 11.1 Å². The van der Waals surface area contributed by atoms with Gasteiger partial charge in [0.1, 0.15) is 5.78 Å². The zero-order chi connectivity index (χ0) is 18.0. The van der Waals surface area contributed by atoms with E-state index in [0.29, 0.717) is 12.2 Å². The van der Waals surface area contributed by atoms with Crippen molar-refractivity contribution in [1.29, 1.82) is 0 Å². The number of benzene rings is 2. The lowest BCUT2D eigenvalue weighted by Gasteiger charge is -2.19.